The molecule has 0 bridgehead atoms. The van der Waals surface area contributed by atoms with Crippen LogP contribution in [0.1, 0.15) is 33.1 Å². The van der Waals surface area contributed by atoms with Crippen LogP contribution in [0.25, 0.3) is 0 Å². The van der Waals surface area contributed by atoms with Crippen LogP contribution in [-0.4, -0.2) is 63.2 Å². The average molecular weight is 229 g/mol. The van der Waals surface area contributed by atoms with Crippen molar-refractivity contribution in [3.05, 3.63) is 0 Å². The van der Waals surface area contributed by atoms with Gasteiger partial charge in [0.25, 0.3) is 0 Å². The van der Waals surface area contributed by atoms with Gasteiger partial charge in [0.15, 0.2) is 0 Å². The normalized spacial score (nSPS) is 13.7. The third-order valence-corrected chi connectivity index (χ3v) is 2.78. The van der Waals surface area contributed by atoms with E-state index < -0.39 is 0 Å². The van der Waals surface area contributed by atoms with Crippen molar-refractivity contribution >= 4 is 0 Å². The van der Waals surface area contributed by atoms with Gasteiger partial charge in [-0.1, -0.05) is 20.3 Å². The van der Waals surface area contributed by atoms with Crippen molar-refractivity contribution < 1.29 is 0 Å². The Morgan fingerprint density at radius 2 is 1.69 bits per heavy atom. The molecule has 0 saturated carbocycles. The van der Waals surface area contributed by atoms with Gasteiger partial charge in [-0.15, -0.1) is 0 Å². The molecule has 0 aliphatic carbocycles. The Morgan fingerprint density at radius 1 is 1.00 bits per heavy atom. The van der Waals surface area contributed by atoms with E-state index in [2.05, 4.69) is 50.1 Å². The van der Waals surface area contributed by atoms with Crippen LogP contribution in [0.5, 0.6) is 0 Å². The van der Waals surface area contributed by atoms with Crippen molar-refractivity contribution in [2.75, 3.05) is 47.3 Å². The summed E-state index contributed by atoms with van der Waals surface area (Å²) in [6.45, 7) is 9.10. The molecule has 0 radical (unpaired) electrons. The molecule has 0 fully saturated rings. The van der Waals surface area contributed by atoms with Gasteiger partial charge in [-0.05, 0) is 40.5 Å². The summed E-state index contributed by atoms with van der Waals surface area (Å²) < 4.78 is 0. The Hall–Kier alpha value is -0.120. The Labute approximate surface area is 102 Å². The summed E-state index contributed by atoms with van der Waals surface area (Å²) in [7, 11) is 6.49. The van der Waals surface area contributed by atoms with Crippen LogP contribution in [0.15, 0.2) is 0 Å². The van der Waals surface area contributed by atoms with Crippen LogP contribution in [0.4, 0.5) is 0 Å². The minimum absolute atomic E-state index is 0.664. The fraction of sp³-hybridized carbons (Fsp3) is 1.00. The molecule has 0 aromatic carbocycles. The molecule has 0 aliphatic rings. The maximum Gasteiger partial charge on any atom is 0.0194 e. The molecule has 0 saturated heterocycles. The van der Waals surface area contributed by atoms with Crippen LogP contribution in [0.3, 0.4) is 0 Å². The molecule has 0 heterocycles. The fourth-order valence-electron chi connectivity index (χ4n) is 1.79. The first-order valence-corrected chi connectivity index (χ1v) is 6.66. The molecule has 0 aliphatic heterocycles. The monoisotopic (exact) mass is 229 g/mol. The van der Waals surface area contributed by atoms with E-state index >= 15 is 0 Å². The lowest BCUT2D eigenvalue weighted by Gasteiger charge is -2.25. The van der Waals surface area contributed by atoms with Crippen molar-refractivity contribution in [3.63, 3.8) is 0 Å². The molecule has 1 atom stereocenters. The van der Waals surface area contributed by atoms with Crippen molar-refractivity contribution in [1.82, 2.24) is 15.1 Å². The highest BCUT2D eigenvalue weighted by Gasteiger charge is 2.09. The first-order chi connectivity index (χ1) is 7.60. The minimum Gasteiger partial charge on any atom is -0.313 e. The summed E-state index contributed by atoms with van der Waals surface area (Å²) in [5.41, 5.74) is 0. The predicted octanol–water partition coefficient (Wildman–Crippen LogP) is 1.65. The van der Waals surface area contributed by atoms with E-state index in [9.17, 15) is 0 Å². The predicted molar refractivity (Wildman–Crippen MR) is 73.0 cm³/mol. The highest BCUT2D eigenvalue weighted by molar-refractivity contribution is 4.70. The summed E-state index contributed by atoms with van der Waals surface area (Å²) >= 11 is 0. The average Bonchev–Trinajstić information content (AvgIpc) is 2.23. The standard InChI is InChI=1S/C13H31N3/c1-6-8-13(14-9-7-2)12-16(5)11-10-15(3)4/h13-14H,6-12H2,1-5H3. The summed E-state index contributed by atoms with van der Waals surface area (Å²) in [5, 5.41) is 3.63. The highest BCUT2D eigenvalue weighted by Crippen LogP contribution is 1.99. The van der Waals surface area contributed by atoms with Gasteiger partial charge in [-0.3, -0.25) is 0 Å². The molecule has 0 spiro atoms. The maximum atomic E-state index is 3.63. The molecule has 16 heavy (non-hydrogen) atoms. The molecule has 0 rings (SSSR count). The van der Waals surface area contributed by atoms with Gasteiger partial charge in [0.1, 0.15) is 0 Å². The molecular weight excluding hydrogens is 198 g/mol. The zero-order valence-corrected chi connectivity index (χ0v) is 11.9. The van der Waals surface area contributed by atoms with Gasteiger partial charge in [-0.25, -0.2) is 0 Å². The van der Waals surface area contributed by atoms with E-state index in [4.69, 9.17) is 0 Å². The van der Waals surface area contributed by atoms with E-state index in [1.165, 1.54) is 25.8 Å². The van der Waals surface area contributed by atoms with Crippen molar-refractivity contribution in [2.24, 2.45) is 0 Å². The topological polar surface area (TPSA) is 18.5 Å². The van der Waals surface area contributed by atoms with E-state index in [1.807, 2.05) is 0 Å². The Morgan fingerprint density at radius 3 is 2.19 bits per heavy atom. The number of nitrogens with zero attached hydrogens (tertiary/aromatic N) is 2. The number of nitrogens with one attached hydrogen (secondary N) is 1. The van der Waals surface area contributed by atoms with Crippen LogP contribution in [-0.2, 0) is 0 Å². The van der Waals surface area contributed by atoms with E-state index in [1.54, 1.807) is 0 Å². The second-order valence-corrected chi connectivity index (χ2v) is 5.01. The van der Waals surface area contributed by atoms with Gasteiger partial charge in [0.2, 0.25) is 0 Å². The Kier molecular flexibility index (Phi) is 9.99. The van der Waals surface area contributed by atoms with Gasteiger partial charge in [0, 0.05) is 25.7 Å². The zero-order valence-electron chi connectivity index (χ0n) is 11.9. The van der Waals surface area contributed by atoms with E-state index in [-0.39, 0.29) is 0 Å². The quantitative estimate of drug-likeness (QED) is 0.614. The molecule has 98 valence electrons. The summed E-state index contributed by atoms with van der Waals surface area (Å²) in [6.07, 6.45) is 3.77. The molecule has 1 N–H and O–H groups in total. The molecule has 1 unspecified atom stereocenters. The summed E-state index contributed by atoms with van der Waals surface area (Å²) in [4.78, 5) is 4.67. The first kappa shape index (κ1) is 15.9. The molecule has 0 amide bonds. The van der Waals surface area contributed by atoms with Crippen molar-refractivity contribution in [2.45, 2.75) is 39.2 Å². The van der Waals surface area contributed by atoms with Crippen LogP contribution < -0.4 is 5.32 Å². The molecule has 0 aromatic heterocycles. The SMILES string of the molecule is CCCNC(CCC)CN(C)CCN(C)C. The first-order valence-electron chi connectivity index (χ1n) is 6.66. The molecule has 3 nitrogen and oxygen atoms in total. The van der Waals surface area contributed by atoms with Crippen molar-refractivity contribution in [1.29, 1.82) is 0 Å². The second-order valence-electron chi connectivity index (χ2n) is 5.01. The van der Waals surface area contributed by atoms with E-state index in [0.29, 0.717) is 6.04 Å². The third kappa shape index (κ3) is 9.13. The smallest absolute Gasteiger partial charge is 0.0194 e. The van der Waals surface area contributed by atoms with E-state index in [0.717, 1.165) is 19.6 Å². The lowest BCUT2D eigenvalue weighted by Crippen LogP contribution is -2.41. The molecule has 0 aromatic rings. The number of hydrogen-bond acceptors (Lipinski definition) is 3. The lowest BCUT2D eigenvalue weighted by molar-refractivity contribution is 0.250. The lowest BCUT2D eigenvalue weighted by atomic mass is 10.1. The Balaban J connectivity index is 3.77. The summed E-state index contributed by atoms with van der Waals surface area (Å²) in [6, 6.07) is 0.664. The second kappa shape index (κ2) is 10.1. The van der Waals surface area contributed by atoms with Gasteiger partial charge in [-0.2, -0.15) is 0 Å². The largest absolute Gasteiger partial charge is 0.313 e. The number of hydrogen-bond donors (Lipinski definition) is 1. The van der Waals surface area contributed by atoms with Crippen LogP contribution in [0, 0.1) is 0 Å². The zero-order chi connectivity index (χ0) is 12.4. The minimum atomic E-state index is 0.664. The Bertz CT molecular complexity index is 148. The maximum absolute atomic E-state index is 3.63. The fourth-order valence-corrected chi connectivity index (χ4v) is 1.79. The van der Waals surface area contributed by atoms with Crippen molar-refractivity contribution in [3.8, 4) is 0 Å². The van der Waals surface area contributed by atoms with Crippen LogP contribution in [0.2, 0.25) is 0 Å². The van der Waals surface area contributed by atoms with Gasteiger partial charge >= 0.3 is 0 Å². The summed E-state index contributed by atoms with van der Waals surface area (Å²) in [5.74, 6) is 0. The van der Waals surface area contributed by atoms with Gasteiger partial charge in [0.05, 0.1) is 0 Å². The third-order valence-electron chi connectivity index (χ3n) is 2.78. The number of likely N-dealkylation sites (N-methyl/N-ethyl adjacent to an activating group) is 2. The van der Waals surface area contributed by atoms with Gasteiger partial charge < -0.3 is 15.1 Å². The molecular formula is C13H31N3. The molecule has 3 heteroatoms. The highest BCUT2D eigenvalue weighted by atomic mass is 15.2. The number of rotatable bonds is 10. The van der Waals surface area contributed by atoms with Crippen LogP contribution >= 0.6 is 0 Å².